The Balaban J connectivity index is 2.25. The van der Waals surface area contributed by atoms with Crippen molar-refractivity contribution in [2.45, 2.75) is 12.8 Å². The van der Waals surface area contributed by atoms with Crippen LogP contribution in [0.3, 0.4) is 0 Å². The molecule has 0 aromatic carbocycles. The second kappa shape index (κ2) is 3.20. The second-order valence-corrected chi connectivity index (χ2v) is 3.26. The van der Waals surface area contributed by atoms with Crippen LogP contribution in [0.5, 0.6) is 0 Å². The van der Waals surface area contributed by atoms with Gasteiger partial charge < -0.3 is 10.6 Å². The third-order valence-electron chi connectivity index (χ3n) is 2.30. The van der Waals surface area contributed by atoms with Crippen LogP contribution in [0, 0.1) is 5.82 Å². The molecule has 2 rings (SSSR count). The number of rotatable bonds is 1. The highest BCUT2D eigenvalue weighted by molar-refractivity contribution is 5.51. The van der Waals surface area contributed by atoms with Gasteiger partial charge in [-0.1, -0.05) is 0 Å². The van der Waals surface area contributed by atoms with Crippen LogP contribution >= 0.6 is 0 Å². The van der Waals surface area contributed by atoms with E-state index in [9.17, 15) is 4.39 Å². The van der Waals surface area contributed by atoms with E-state index in [1.54, 1.807) is 6.07 Å². The molecule has 0 spiro atoms. The van der Waals surface area contributed by atoms with Crippen molar-refractivity contribution in [3.05, 3.63) is 18.1 Å². The number of nitrogens with two attached hydrogens (primary N) is 1. The van der Waals surface area contributed by atoms with Gasteiger partial charge in [0.2, 0.25) is 0 Å². The van der Waals surface area contributed by atoms with Gasteiger partial charge in [0, 0.05) is 19.2 Å². The number of nitrogen functional groups attached to an aromatic ring is 1. The minimum absolute atomic E-state index is 0.178. The molecule has 1 aliphatic rings. The number of hydrogen-bond acceptors (Lipinski definition) is 3. The fourth-order valence-electron chi connectivity index (χ4n) is 1.56. The van der Waals surface area contributed by atoms with Gasteiger partial charge in [0.25, 0.3) is 0 Å². The molecule has 4 heteroatoms. The van der Waals surface area contributed by atoms with E-state index in [1.165, 1.54) is 19.0 Å². The minimum Gasteiger partial charge on any atom is -0.396 e. The molecule has 2 heterocycles. The Morgan fingerprint density at radius 3 is 2.69 bits per heavy atom. The summed E-state index contributed by atoms with van der Waals surface area (Å²) in [7, 11) is 0. The summed E-state index contributed by atoms with van der Waals surface area (Å²) in [6.07, 6.45) is 3.54. The summed E-state index contributed by atoms with van der Waals surface area (Å²) in [5.74, 6) is 0.347. The molecule has 1 aromatic rings. The van der Waals surface area contributed by atoms with Crippen molar-refractivity contribution in [3.63, 3.8) is 0 Å². The molecule has 1 aromatic heterocycles. The number of nitrogens with zero attached hydrogens (tertiary/aromatic N) is 2. The van der Waals surface area contributed by atoms with Crippen molar-refractivity contribution in [3.8, 4) is 0 Å². The van der Waals surface area contributed by atoms with Crippen LogP contribution in [-0.4, -0.2) is 18.1 Å². The fraction of sp³-hybridized carbons (Fsp3) is 0.444. The first-order valence-corrected chi connectivity index (χ1v) is 4.43. The summed E-state index contributed by atoms with van der Waals surface area (Å²) in [6.45, 7) is 2.00. The molecule has 0 bridgehead atoms. The lowest BCUT2D eigenvalue weighted by Crippen LogP contribution is -2.19. The van der Waals surface area contributed by atoms with E-state index in [0.29, 0.717) is 0 Å². The van der Waals surface area contributed by atoms with Gasteiger partial charge in [0.1, 0.15) is 5.82 Å². The molecule has 1 fully saturated rings. The van der Waals surface area contributed by atoms with Gasteiger partial charge in [-0.25, -0.2) is 9.37 Å². The Morgan fingerprint density at radius 2 is 2.08 bits per heavy atom. The van der Waals surface area contributed by atoms with Crippen molar-refractivity contribution >= 4 is 11.5 Å². The highest BCUT2D eigenvalue weighted by Gasteiger charge is 2.14. The van der Waals surface area contributed by atoms with E-state index in [2.05, 4.69) is 9.88 Å². The number of anilines is 2. The minimum atomic E-state index is -0.442. The number of halogens is 1. The van der Waals surface area contributed by atoms with Crippen LogP contribution in [0.4, 0.5) is 15.9 Å². The summed E-state index contributed by atoms with van der Waals surface area (Å²) >= 11 is 0. The van der Waals surface area contributed by atoms with Crippen molar-refractivity contribution < 1.29 is 4.39 Å². The van der Waals surface area contributed by atoms with Crippen molar-refractivity contribution in [2.75, 3.05) is 23.7 Å². The predicted octanol–water partition coefficient (Wildman–Crippen LogP) is 1.40. The second-order valence-electron chi connectivity index (χ2n) is 3.26. The topological polar surface area (TPSA) is 42.1 Å². The quantitative estimate of drug-likeness (QED) is 0.712. The van der Waals surface area contributed by atoms with Gasteiger partial charge in [-0.3, -0.25) is 0 Å². The lowest BCUT2D eigenvalue weighted by molar-refractivity contribution is 0.625. The molecule has 0 saturated carbocycles. The summed E-state index contributed by atoms with van der Waals surface area (Å²) in [4.78, 5) is 6.11. The van der Waals surface area contributed by atoms with Gasteiger partial charge >= 0.3 is 0 Å². The Labute approximate surface area is 76.4 Å². The third-order valence-corrected chi connectivity index (χ3v) is 2.30. The molecule has 0 aliphatic carbocycles. The molecule has 70 valence electrons. The maximum Gasteiger partial charge on any atom is 0.164 e. The molecule has 3 nitrogen and oxygen atoms in total. The first-order chi connectivity index (χ1) is 6.27. The molecule has 0 unspecified atom stereocenters. The average molecular weight is 181 g/mol. The zero-order chi connectivity index (χ0) is 9.26. The lowest BCUT2D eigenvalue weighted by atomic mass is 10.3. The van der Waals surface area contributed by atoms with Gasteiger partial charge in [-0.05, 0) is 12.8 Å². The van der Waals surface area contributed by atoms with Crippen molar-refractivity contribution in [1.29, 1.82) is 0 Å². The fourth-order valence-corrected chi connectivity index (χ4v) is 1.56. The van der Waals surface area contributed by atoms with E-state index in [0.717, 1.165) is 18.9 Å². The van der Waals surface area contributed by atoms with E-state index < -0.39 is 5.82 Å². The van der Waals surface area contributed by atoms with Gasteiger partial charge in [0.05, 0.1) is 11.9 Å². The first kappa shape index (κ1) is 8.29. The largest absolute Gasteiger partial charge is 0.396 e. The molecule has 0 atom stereocenters. The molecule has 0 amide bonds. The standard InChI is InChI=1S/C9H12FN3/c10-7-6-12-9(5-8(7)11)13-3-1-2-4-13/h5-6H,1-4H2,(H2,11,12). The van der Waals surface area contributed by atoms with E-state index in [1.807, 2.05) is 0 Å². The highest BCUT2D eigenvalue weighted by Crippen LogP contribution is 2.20. The summed E-state index contributed by atoms with van der Waals surface area (Å²) in [5.41, 5.74) is 5.62. The molecule has 2 N–H and O–H groups in total. The van der Waals surface area contributed by atoms with Crippen LogP contribution < -0.4 is 10.6 Å². The third kappa shape index (κ3) is 1.56. The Hall–Kier alpha value is -1.32. The normalized spacial score (nSPS) is 16.5. The van der Waals surface area contributed by atoms with Crippen LogP contribution in [-0.2, 0) is 0 Å². The number of aromatic nitrogens is 1. The van der Waals surface area contributed by atoms with Gasteiger partial charge in [-0.15, -0.1) is 0 Å². The number of hydrogen-bond donors (Lipinski definition) is 1. The van der Waals surface area contributed by atoms with Gasteiger partial charge in [0.15, 0.2) is 5.82 Å². The average Bonchev–Trinajstić information content (AvgIpc) is 2.62. The molecule has 13 heavy (non-hydrogen) atoms. The predicted molar refractivity (Wildman–Crippen MR) is 50.1 cm³/mol. The van der Waals surface area contributed by atoms with Crippen LogP contribution in [0.15, 0.2) is 12.3 Å². The van der Waals surface area contributed by atoms with Crippen LogP contribution in [0.1, 0.15) is 12.8 Å². The first-order valence-electron chi connectivity index (χ1n) is 4.43. The van der Waals surface area contributed by atoms with Gasteiger partial charge in [-0.2, -0.15) is 0 Å². The zero-order valence-corrected chi connectivity index (χ0v) is 7.33. The van der Waals surface area contributed by atoms with Crippen molar-refractivity contribution in [2.24, 2.45) is 0 Å². The SMILES string of the molecule is Nc1cc(N2CCCC2)ncc1F. The molecular weight excluding hydrogens is 169 g/mol. The highest BCUT2D eigenvalue weighted by atomic mass is 19.1. The van der Waals surface area contributed by atoms with Crippen LogP contribution in [0.25, 0.3) is 0 Å². The zero-order valence-electron chi connectivity index (χ0n) is 7.33. The smallest absolute Gasteiger partial charge is 0.164 e. The molecule has 0 radical (unpaired) electrons. The Morgan fingerprint density at radius 1 is 1.38 bits per heavy atom. The van der Waals surface area contributed by atoms with Crippen molar-refractivity contribution in [1.82, 2.24) is 4.98 Å². The maximum atomic E-state index is 12.8. The van der Waals surface area contributed by atoms with E-state index in [-0.39, 0.29) is 5.69 Å². The molecule has 1 saturated heterocycles. The Bertz CT molecular complexity index is 308. The monoisotopic (exact) mass is 181 g/mol. The summed E-state index contributed by atoms with van der Waals surface area (Å²) in [6, 6.07) is 1.60. The summed E-state index contributed by atoms with van der Waals surface area (Å²) in [5, 5.41) is 0. The lowest BCUT2D eigenvalue weighted by Gasteiger charge is -2.16. The van der Waals surface area contributed by atoms with Crippen LogP contribution in [0.2, 0.25) is 0 Å². The maximum absolute atomic E-state index is 12.8. The van der Waals surface area contributed by atoms with E-state index in [4.69, 9.17) is 5.73 Å². The summed E-state index contributed by atoms with van der Waals surface area (Å²) < 4.78 is 12.8. The molecule has 1 aliphatic heterocycles. The Kier molecular flexibility index (Phi) is 2.04. The molecular formula is C9H12FN3. The van der Waals surface area contributed by atoms with E-state index >= 15 is 0 Å². The number of pyridine rings is 1.